The largest absolute Gasteiger partial charge is 0.0773 e. The first kappa shape index (κ1) is 7.15. The zero-order valence-electron chi connectivity index (χ0n) is 7.38. The van der Waals surface area contributed by atoms with Crippen LogP contribution >= 0.6 is 0 Å². The fraction of sp³-hybridized carbons (Fsp3) is 0.636. The molecule has 2 aliphatic rings. The third-order valence-electron chi connectivity index (χ3n) is 3.08. The Kier molecular flexibility index (Phi) is 1.63. The molecule has 2 atom stereocenters. The van der Waals surface area contributed by atoms with E-state index in [4.69, 9.17) is 0 Å². The van der Waals surface area contributed by atoms with Gasteiger partial charge in [0.25, 0.3) is 0 Å². The Bertz CT molecular complexity index is 208. The van der Waals surface area contributed by atoms with Crippen LogP contribution in [0.1, 0.15) is 26.7 Å². The first-order valence-corrected chi connectivity index (χ1v) is 4.67. The lowest BCUT2D eigenvalue weighted by Crippen LogP contribution is -2.06. The molecule has 0 amide bonds. The summed E-state index contributed by atoms with van der Waals surface area (Å²) in [6.45, 7) is 4.68. The van der Waals surface area contributed by atoms with Gasteiger partial charge >= 0.3 is 0 Å². The van der Waals surface area contributed by atoms with Crippen LogP contribution in [-0.2, 0) is 0 Å². The van der Waals surface area contributed by atoms with Gasteiger partial charge in [0.1, 0.15) is 0 Å². The predicted octanol–water partition coefficient (Wildman–Crippen LogP) is 3.16. The fourth-order valence-electron chi connectivity index (χ4n) is 2.44. The Labute approximate surface area is 69.0 Å². The molecule has 0 aromatic carbocycles. The predicted molar refractivity (Wildman–Crippen MR) is 48.3 cm³/mol. The molecule has 0 saturated heterocycles. The smallest absolute Gasteiger partial charge is 0.00139 e. The van der Waals surface area contributed by atoms with Gasteiger partial charge in [-0.1, -0.05) is 37.6 Å². The van der Waals surface area contributed by atoms with E-state index in [1.807, 2.05) is 0 Å². The minimum absolute atomic E-state index is 0.822. The Morgan fingerprint density at radius 2 is 2.18 bits per heavy atom. The molecule has 0 spiro atoms. The van der Waals surface area contributed by atoms with Crippen molar-refractivity contribution in [3.05, 3.63) is 23.8 Å². The zero-order valence-corrected chi connectivity index (χ0v) is 7.38. The van der Waals surface area contributed by atoms with Gasteiger partial charge in [-0.3, -0.25) is 0 Å². The number of fused-ring (bicyclic) bond motifs is 1. The molecule has 1 saturated carbocycles. The van der Waals surface area contributed by atoms with Crippen LogP contribution in [0.3, 0.4) is 0 Å². The second kappa shape index (κ2) is 2.51. The van der Waals surface area contributed by atoms with Gasteiger partial charge in [0.15, 0.2) is 0 Å². The molecule has 0 aromatic rings. The lowest BCUT2D eigenvalue weighted by Gasteiger charge is -2.15. The molecule has 0 heterocycles. The molecule has 0 aromatic heterocycles. The van der Waals surface area contributed by atoms with Crippen LogP contribution in [-0.4, -0.2) is 0 Å². The molecule has 0 heteroatoms. The van der Waals surface area contributed by atoms with E-state index in [-0.39, 0.29) is 0 Å². The van der Waals surface area contributed by atoms with E-state index >= 15 is 0 Å². The number of allylic oxidation sites excluding steroid dienone is 4. The van der Waals surface area contributed by atoms with Crippen LogP contribution in [0.15, 0.2) is 23.8 Å². The van der Waals surface area contributed by atoms with Gasteiger partial charge in [0.05, 0.1) is 0 Å². The second-order valence-corrected chi connectivity index (χ2v) is 4.09. The summed E-state index contributed by atoms with van der Waals surface area (Å²) in [6, 6.07) is 0. The molecule has 0 N–H and O–H groups in total. The molecule has 0 radical (unpaired) electrons. The van der Waals surface area contributed by atoms with Crippen molar-refractivity contribution < 1.29 is 0 Å². The van der Waals surface area contributed by atoms with Crippen molar-refractivity contribution in [2.45, 2.75) is 26.7 Å². The topological polar surface area (TPSA) is 0 Å². The molecular weight excluding hydrogens is 132 g/mol. The van der Waals surface area contributed by atoms with Gasteiger partial charge in [-0.05, 0) is 30.6 Å². The fourth-order valence-corrected chi connectivity index (χ4v) is 2.44. The van der Waals surface area contributed by atoms with Crippen molar-refractivity contribution in [2.75, 3.05) is 0 Å². The van der Waals surface area contributed by atoms with E-state index in [1.165, 1.54) is 12.8 Å². The molecule has 0 nitrogen and oxygen atoms in total. The van der Waals surface area contributed by atoms with E-state index in [2.05, 4.69) is 32.1 Å². The standard InChI is InChI=1S/C11H16/c1-8(2)10-7-6-9-4-3-5-11(9)10/h3-5,8-10H,6-7H2,1-2H3. The van der Waals surface area contributed by atoms with Crippen molar-refractivity contribution in [3.63, 3.8) is 0 Å². The third-order valence-corrected chi connectivity index (χ3v) is 3.08. The molecule has 11 heavy (non-hydrogen) atoms. The van der Waals surface area contributed by atoms with E-state index < -0.39 is 0 Å². The van der Waals surface area contributed by atoms with Crippen LogP contribution < -0.4 is 0 Å². The summed E-state index contributed by atoms with van der Waals surface area (Å²) in [5, 5.41) is 0. The molecule has 0 bridgehead atoms. The average molecular weight is 148 g/mol. The minimum Gasteiger partial charge on any atom is -0.0773 e. The van der Waals surface area contributed by atoms with Gasteiger partial charge in [-0.15, -0.1) is 0 Å². The molecule has 2 aliphatic carbocycles. The van der Waals surface area contributed by atoms with E-state index in [0.29, 0.717) is 0 Å². The van der Waals surface area contributed by atoms with E-state index in [0.717, 1.165) is 17.8 Å². The van der Waals surface area contributed by atoms with Crippen molar-refractivity contribution in [3.8, 4) is 0 Å². The number of rotatable bonds is 1. The quantitative estimate of drug-likeness (QED) is 0.536. The van der Waals surface area contributed by atoms with Crippen molar-refractivity contribution in [1.82, 2.24) is 0 Å². The van der Waals surface area contributed by atoms with Gasteiger partial charge in [-0.25, -0.2) is 0 Å². The summed E-state index contributed by atoms with van der Waals surface area (Å²) in [7, 11) is 0. The lowest BCUT2D eigenvalue weighted by atomic mass is 9.89. The van der Waals surface area contributed by atoms with Crippen molar-refractivity contribution in [1.29, 1.82) is 0 Å². The third kappa shape index (κ3) is 1.05. The SMILES string of the molecule is CC(C)C1CCC2C=CC=C21. The Balaban J connectivity index is 2.17. The Hall–Kier alpha value is -0.520. The summed E-state index contributed by atoms with van der Waals surface area (Å²) >= 11 is 0. The molecule has 2 unspecified atom stereocenters. The zero-order chi connectivity index (χ0) is 7.84. The molecule has 2 rings (SSSR count). The van der Waals surface area contributed by atoms with Gasteiger partial charge in [0.2, 0.25) is 0 Å². The normalized spacial score (nSPS) is 34.6. The number of hydrogen-bond acceptors (Lipinski definition) is 0. The number of hydrogen-bond donors (Lipinski definition) is 0. The molecular formula is C11H16. The summed E-state index contributed by atoms with van der Waals surface area (Å²) in [5.41, 5.74) is 1.71. The Morgan fingerprint density at radius 3 is 2.91 bits per heavy atom. The van der Waals surface area contributed by atoms with Crippen molar-refractivity contribution in [2.24, 2.45) is 17.8 Å². The highest BCUT2D eigenvalue weighted by Crippen LogP contribution is 2.43. The van der Waals surface area contributed by atoms with Gasteiger partial charge < -0.3 is 0 Å². The van der Waals surface area contributed by atoms with Gasteiger partial charge in [-0.2, -0.15) is 0 Å². The monoisotopic (exact) mass is 148 g/mol. The molecule has 1 fully saturated rings. The average Bonchev–Trinajstić information content (AvgIpc) is 2.41. The lowest BCUT2D eigenvalue weighted by molar-refractivity contribution is 0.453. The van der Waals surface area contributed by atoms with Crippen LogP contribution in [0.25, 0.3) is 0 Å². The molecule has 60 valence electrons. The van der Waals surface area contributed by atoms with Crippen LogP contribution in [0.2, 0.25) is 0 Å². The highest BCUT2D eigenvalue weighted by molar-refractivity contribution is 5.32. The Morgan fingerprint density at radius 1 is 1.36 bits per heavy atom. The maximum absolute atomic E-state index is 2.36. The minimum atomic E-state index is 0.822. The van der Waals surface area contributed by atoms with Crippen molar-refractivity contribution >= 4 is 0 Å². The maximum Gasteiger partial charge on any atom is -0.00139 e. The maximum atomic E-state index is 2.36. The molecule has 0 aliphatic heterocycles. The summed E-state index contributed by atoms with van der Waals surface area (Å²) < 4.78 is 0. The summed E-state index contributed by atoms with van der Waals surface area (Å²) in [4.78, 5) is 0. The summed E-state index contributed by atoms with van der Waals surface area (Å²) in [6.07, 6.45) is 9.73. The highest BCUT2D eigenvalue weighted by atomic mass is 14.4. The first-order valence-electron chi connectivity index (χ1n) is 4.67. The second-order valence-electron chi connectivity index (χ2n) is 4.09. The highest BCUT2D eigenvalue weighted by Gasteiger charge is 2.31. The first-order chi connectivity index (χ1) is 5.29. The summed E-state index contributed by atoms with van der Waals surface area (Å²) in [5.74, 6) is 2.54. The van der Waals surface area contributed by atoms with Gasteiger partial charge in [0, 0.05) is 0 Å². The van der Waals surface area contributed by atoms with Crippen LogP contribution in [0.4, 0.5) is 0 Å². The van der Waals surface area contributed by atoms with E-state index in [1.54, 1.807) is 5.57 Å². The van der Waals surface area contributed by atoms with E-state index in [9.17, 15) is 0 Å². The van der Waals surface area contributed by atoms with Crippen LogP contribution in [0.5, 0.6) is 0 Å². The van der Waals surface area contributed by atoms with Crippen LogP contribution in [0, 0.1) is 17.8 Å².